The summed E-state index contributed by atoms with van der Waals surface area (Å²) in [4.78, 5) is -0.409. The monoisotopic (exact) mass is 256 g/mol. The van der Waals surface area contributed by atoms with E-state index in [9.17, 15) is 12.8 Å². The number of halogens is 1. The standard InChI is InChI=1S/C10H9FN2O3S/c1-17(14,15)10-6(3-2-4-7(10)11)8-5-9(12)16-13-8/h2-5H,12H2,1H3. The maximum Gasteiger partial charge on any atom is 0.222 e. The summed E-state index contributed by atoms with van der Waals surface area (Å²) in [5, 5.41) is 3.57. The van der Waals surface area contributed by atoms with Gasteiger partial charge in [0, 0.05) is 17.9 Å². The zero-order valence-corrected chi connectivity index (χ0v) is 9.66. The zero-order valence-electron chi connectivity index (χ0n) is 8.84. The van der Waals surface area contributed by atoms with Crippen LogP contribution in [-0.4, -0.2) is 19.8 Å². The molecule has 0 aliphatic rings. The number of nitrogens with two attached hydrogens (primary N) is 1. The number of aromatic nitrogens is 1. The average molecular weight is 256 g/mol. The lowest BCUT2D eigenvalue weighted by atomic mass is 10.1. The van der Waals surface area contributed by atoms with E-state index in [1.165, 1.54) is 18.2 Å². The quantitative estimate of drug-likeness (QED) is 0.879. The highest BCUT2D eigenvalue weighted by molar-refractivity contribution is 7.90. The predicted molar refractivity (Wildman–Crippen MR) is 59.4 cm³/mol. The summed E-state index contributed by atoms with van der Waals surface area (Å²) >= 11 is 0. The van der Waals surface area contributed by atoms with Crippen LogP contribution < -0.4 is 5.73 Å². The van der Waals surface area contributed by atoms with Crippen molar-refractivity contribution in [2.24, 2.45) is 0 Å². The second-order valence-electron chi connectivity index (χ2n) is 3.50. The Kier molecular flexibility index (Phi) is 2.62. The van der Waals surface area contributed by atoms with Crippen molar-refractivity contribution in [3.05, 3.63) is 30.1 Å². The number of hydrogen-bond donors (Lipinski definition) is 1. The van der Waals surface area contributed by atoms with Gasteiger partial charge in [-0.15, -0.1) is 0 Å². The summed E-state index contributed by atoms with van der Waals surface area (Å²) in [6.07, 6.45) is 0.929. The number of rotatable bonds is 2. The Balaban J connectivity index is 2.75. The third-order valence-electron chi connectivity index (χ3n) is 2.14. The maximum absolute atomic E-state index is 13.6. The Hall–Kier alpha value is -1.89. The third-order valence-corrected chi connectivity index (χ3v) is 3.30. The first-order valence-corrected chi connectivity index (χ1v) is 6.50. The van der Waals surface area contributed by atoms with Gasteiger partial charge in [-0.25, -0.2) is 12.8 Å². The minimum atomic E-state index is -3.70. The molecule has 0 saturated heterocycles. The van der Waals surface area contributed by atoms with E-state index >= 15 is 0 Å². The fourth-order valence-corrected chi connectivity index (χ4v) is 2.50. The van der Waals surface area contributed by atoms with Crippen LogP contribution in [0.4, 0.5) is 10.3 Å². The van der Waals surface area contributed by atoms with Gasteiger partial charge in [0.05, 0.1) is 0 Å². The van der Waals surface area contributed by atoms with Crippen molar-refractivity contribution in [2.45, 2.75) is 4.90 Å². The van der Waals surface area contributed by atoms with E-state index in [0.29, 0.717) is 0 Å². The van der Waals surface area contributed by atoms with Crippen LogP contribution in [0.3, 0.4) is 0 Å². The second kappa shape index (κ2) is 3.85. The van der Waals surface area contributed by atoms with Crippen molar-refractivity contribution in [3.63, 3.8) is 0 Å². The van der Waals surface area contributed by atoms with Crippen LogP contribution in [0.1, 0.15) is 0 Å². The van der Waals surface area contributed by atoms with Crippen molar-refractivity contribution in [2.75, 3.05) is 12.0 Å². The molecule has 0 aliphatic heterocycles. The SMILES string of the molecule is CS(=O)(=O)c1c(F)cccc1-c1cc(N)on1. The van der Waals surface area contributed by atoms with Gasteiger partial charge in [-0.3, -0.25) is 0 Å². The number of nitrogens with zero attached hydrogens (tertiary/aromatic N) is 1. The summed E-state index contributed by atoms with van der Waals surface area (Å²) in [5.74, 6) is -0.796. The maximum atomic E-state index is 13.6. The normalized spacial score (nSPS) is 11.6. The second-order valence-corrected chi connectivity index (χ2v) is 5.46. The molecule has 0 saturated carbocycles. The fraction of sp³-hybridized carbons (Fsp3) is 0.100. The van der Waals surface area contributed by atoms with Crippen molar-refractivity contribution in [1.82, 2.24) is 5.16 Å². The van der Waals surface area contributed by atoms with Crippen molar-refractivity contribution < 1.29 is 17.3 Å². The zero-order chi connectivity index (χ0) is 12.6. The Bertz CT molecular complexity index is 664. The summed E-state index contributed by atoms with van der Waals surface area (Å²) in [7, 11) is -3.70. The number of nitrogen functional groups attached to an aromatic ring is 1. The minimum Gasteiger partial charge on any atom is -0.368 e. The topological polar surface area (TPSA) is 86.2 Å². The van der Waals surface area contributed by atoms with Crippen molar-refractivity contribution in [3.8, 4) is 11.3 Å². The van der Waals surface area contributed by atoms with Gasteiger partial charge in [-0.1, -0.05) is 17.3 Å². The Labute approximate surface area is 96.9 Å². The molecular formula is C10H9FN2O3S. The summed E-state index contributed by atoms with van der Waals surface area (Å²) in [5.41, 5.74) is 5.66. The van der Waals surface area contributed by atoms with Gasteiger partial charge in [0.15, 0.2) is 9.84 Å². The molecule has 0 unspecified atom stereocenters. The molecule has 0 aliphatic carbocycles. The van der Waals surface area contributed by atoms with Gasteiger partial charge in [0.1, 0.15) is 16.4 Å². The molecule has 7 heteroatoms. The number of anilines is 1. The molecule has 2 N–H and O–H groups in total. The third kappa shape index (κ3) is 2.14. The number of benzene rings is 1. The van der Waals surface area contributed by atoms with Gasteiger partial charge in [-0.2, -0.15) is 0 Å². The summed E-state index contributed by atoms with van der Waals surface area (Å²) < 4.78 is 41.3. The van der Waals surface area contributed by atoms with Crippen molar-refractivity contribution >= 4 is 15.7 Å². The highest BCUT2D eigenvalue weighted by Gasteiger charge is 2.21. The minimum absolute atomic E-state index is 0.0312. The van der Waals surface area contributed by atoms with Gasteiger partial charge in [0.2, 0.25) is 5.88 Å². The van der Waals surface area contributed by atoms with Crippen LogP contribution in [0, 0.1) is 5.82 Å². The van der Waals surface area contributed by atoms with Gasteiger partial charge in [0.25, 0.3) is 0 Å². The van der Waals surface area contributed by atoms with Crippen LogP contribution in [-0.2, 0) is 9.84 Å². The summed E-state index contributed by atoms with van der Waals surface area (Å²) in [6, 6.07) is 5.24. The molecule has 0 fully saturated rings. The Morgan fingerprint density at radius 3 is 2.65 bits per heavy atom. The first-order valence-electron chi connectivity index (χ1n) is 4.61. The smallest absolute Gasteiger partial charge is 0.222 e. The lowest BCUT2D eigenvalue weighted by molar-refractivity contribution is 0.439. The molecule has 2 rings (SSSR count). The van der Waals surface area contributed by atoms with Crippen LogP contribution in [0.15, 0.2) is 33.7 Å². The van der Waals surface area contributed by atoms with Gasteiger partial charge in [-0.05, 0) is 6.07 Å². The molecule has 1 aromatic heterocycles. The molecule has 2 aromatic rings. The first-order chi connectivity index (χ1) is 7.89. The van der Waals surface area contributed by atoms with E-state index in [-0.39, 0.29) is 17.1 Å². The van der Waals surface area contributed by atoms with E-state index in [1.807, 2.05) is 0 Å². The summed E-state index contributed by atoms with van der Waals surface area (Å²) in [6.45, 7) is 0. The number of hydrogen-bond acceptors (Lipinski definition) is 5. The molecule has 0 radical (unpaired) electrons. The lowest BCUT2D eigenvalue weighted by Gasteiger charge is -2.05. The van der Waals surface area contributed by atoms with Crippen LogP contribution >= 0.6 is 0 Å². The molecule has 0 bridgehead atoms. The molecule has 5 nitrogen and oxygen atoms in total. The molecular weight excluding hydrogens is 247 g/mol. The molecule has 1 aromatic carbocycles. The highest BCUT2D eigenvalue weighted by atomic mass is 32.2. The Morgan fingerprint density at radius 2 is 2.12 bits per heavy atom. The van der Waals surface area contributed by atoms with E-state index in [0.717, 1.165) is 12.3 Å². The number of sulfone groups is 1. The average Bonchev–Trinajstić information content (AvgIpc) is 2.62. The highest BCUT2D eigenvalue weighted by Crippen LogP contribution is 2.29. The van der Waals surface area contributed by atoms with Gasteiger partial charge < -0.3 is 10.3 Å². The van der Waals surface area contributed by atoms with Crippen LogP contribution in [0.5, 0.6) is 0 Å². The Morgan fingerprint density at radius 1 is 1.41 bits per heavy atom. The van der Waals surface area contributed by atoms with Crippen LogP contribution in [0.2, 0.25) is 0 Å². The van der Waals surface area contributed by atoms with E-state index in [2.05, 4.69) is 9.68 Å². The molecule has 0 amide bonds. The first kappa shape index (κ1) is 11.6. The lowest BCUT2D eigenvalue weighted by Crippen LogP contribution is -2.03. The molecule has 1 heterocycles. The molecule has 0 spiro atoms. The largest absolute Gasteiger partial charge is 0.368 e. The molecule has 90 valence electrons. The molecule has 0 atom stereocenters. The predicted octanol–water partition coefficient (Wildman–Crippen LogP) is 1.47. The molecule has 17 heavy (non-hydrogen) atoms. The van der Waals surface area contributed by atoms with E-state index in [4.69, 9.17) is 5.73 Å². The van der Waals surface area contributed by atoms with E-state index < -0.39 is 20.5 Å². The van der Waals surface area contributed by atoms with Gasteiger partial charge >= 0.3 is 0 Å². The fourth-order valence-electron chi connectivity index (χ4n) is 1.50. The van der Waals surface area contributed by atoms with E-state index in [1.54, 1.807) is 0 Å². The van der Waals surface area contributed by atoms with Crippen LogP contribution in [0.25, 0.3) is 11.3 Å². The van der Waals surface area contributed by atoms with Crippen molar-refractivity contribution in [1.29, 1.82) is 0 Å².